The standard InChI is InChI=1S/C20H20N4O2/c1-24(2)16-7-5-6-15(10-16)22-20-14(12-21)8-13-9-18(25-3)19(26-4)11-17(13)23-20/h5-11H,1-4H3,(H,22,23). The fourth-order valence-corrected chi connectivity index (χ4v) is 2.68. The molecule has 0 bridgehead atoms. The summed E-state index contributed by atoms with van der Waals surface area (Å²) in [6.07, 6.45) is 0. The molecular weight excluding hydrogens is 328 g/mol. The van der Waals surface area contributed by atoms with Crippen molar-refractivity contribution in [1.29, 1.82) is 5.26 Å². The van der Waals surface area contributed by atoms with Crippen LogP contribution in [0.2, 0.25) is 0 Å². The van der Waals surface area contributed by atoms with Gasteiger partial charge >= 0.3 is 0 Å². The molecule has 26 heavy (non-hydrogen) atoms. The molecular formula is C20H20N4O2. The Hall–Kier alpha value is -3.46. The number of nitrogens with zero attached hydrogens (tertiary/aromatic N) is 3. The Morgan fingerprint density at radius 3 is 2.42 bits per heavy atom. The Balaban J connectivity index is 2.07. The second-order valence-corrected chi connectivity index (χ2v) is 5.97. The summed E-state index contributed by atoms with van der Waals surface area (Å²) in [5, 5.41) is 13.6. The van der Waals surface area contributed by atoms with Gasteiger partial charge in [-0.25, -0.2) is 4.98 Å². The molecule has 0 spiro atoms. The third-order valence-electron chi connectivity index (χ3n) is 4.07. The predicted octanol–water partition coefficient (Wildman–Crippen LogP) is 3.93. The summed E-state index contributed by atoms with van der Waals surface area (Å²) >= 11 is 0. The van der Waals surface area contributed by atoms with Crippen LogP contribution in [-0.2, 0) is 0 Å². The second-order valence-electron chi connectivity index (χ2n) is 5.97. The van der Waals surface area contributed by atoms with Crippen molar-refractivity contribution >= 4 is 28.1 Å². The number of pyridine rings is 1. The van der Waals surface area contributed by atoms with E-state index in [-0.39, 0.29) is 0 Å². The summed E-state index contributed by atoms with van der Waals surface area (Å²) in [5.74, 6) is 1.70. The molecule has 0 aliphatic heterocycles. The van der Waals surface area contributed by atoms with Gasteiger partial charge in [-0.05, 0) is 30.3 Å². The number of anilines is 3. The van der Waals surface area contributed by atoms with Gasteiger partial charge in [0.25, 0.3) is 0 Å². The topological polar surface area (TPSA) is 70.4 Å². The lowest BCUT2D eigenvalue weighted by molar-refractivity contribution is 0.356. The van der Waals surface area contributed by atoms with Gasteiger partial charge in [0, 0.05) is 36.9 Å². The zero-order chi connectivity index (χ0) is 18.7. The zero-order valence-corrected chi connectivity index (χ0v) is 15.2. The van der Waals surface area contributed by atoms with Crippen LogP contribution in [0.1, 0.15) is 5.56 Å². The van der Waals surface area contributed by atoms with Crippen LogP contribution in [0.5, 0.6) is 11.5 Å². The van der Waals surface area contributed by atoms with Crippen LogP contribution in [0.25, 0.3) is 10.9 Å². The minimum absolute atomic E-state index is 0.458. The first-order valence-corrected chi connectivity index (χ1v) is 8.07. The third-order valence-corrected chi connectivity index (χ3v) is 4.07. The summed E-state index contributed by atoms with van der Waals surface area (Å²) in [4.78, 5) is 6.63. The summed E-state index contributed by atoms with van der Waals surface area (Å²) in [7, 11) is 7.12. The van der Waals surface area contributed by atoms with Crippen molar-refractivity contribution in [2.45, 2.75) is 0 Å². The van der Waals surface area contributed by atoms with Crippen LogP contribution in [0.3, 0.4) is 0 Å². The molecule has 6 heteroatoms. The molecule has 6 nitrogen and oxygen atoms in total. The minimum atomic E-state index is 0.458. The quantitative estimate of drug-likeness (QED) is 0.753. The summed E-state index contributed by atoms with van der Waals surface area (Å²) in [6, 6.07) is 15.5. The fraction of sp³-hybridized carbons (Fsp3) is 0.200. The highest BCUT2D eigenvalue weighted by molar-refractivity contribution is 5.87. The monoisotopic (exact) mass is 348 g/mol. The number of rotatable bonds is 5. The van der Waals surface area contributed by atoms with E-state index in [1.807, 2.05) is 49.3 Å². The molecule has 3 rings (SSSR count). The molecule has 1 aromatic heterocycles. The van der Waals surface area contributed by atoms with E-state index in [4.69, 9.17) is 9.47 Å². The van der Waals surface area contributed by atoms with Gasteiger partial charge in [-0.3, -0.25) is 0 Å². The van der Waals surface area contributed by atoms with Crippen molar-refractivity contribution in [2.75, 3.05) is 38.5 Å². The van der Waals surface area contributed by atoms with E-state index in [1.54, 1.807) is 26.4 Å². The van der Waals surface area contributed by atoms with Gasteiger partial charge in [0.1, 0.15) is 11.9 Å². The summed E-state index contributed by atoms with van der Waals surface area (Å²) in [6.45, 7) is 0. The number of aromatic nitrogens is 1. The Labute approximate surface area is 152 Å². The van der Waals surface area contributed by atoms with E-state index < -0.39 is 0 Å². The first-order chi connectivity index (χ1) is 12.5. The maximum atomic E-state index is 9.53. The highest BCUT2D eigenvalue weighted by atomic mass is 16.5. The first-order valence-electron chi connectivity index (χ1n) is 8.07. The summed E-state index contributed by atoms with van der Waals surface area (Å²) in [5.41, 5.74) is 3.09. The first kappa shape index (κ1) is 17.4. The Morgan fingerprint density at radius 2 is 1.77 bits per heavy atom. The highest BCUT2D eigenvalue weighted by Crippen LogP contribution is 2.33. The molecule has 0 atom stereocenters. The van der Waals surface area contributed by atoms with E-state index in [1.165, 1.54) is 0 Å². The maximum absolute atomic E-state index is 9.53. The number of nitrogens with one attached hydrogen (secondary N) is 1. The average Bonchev–Trinajstić information content (AvgIpc) is 2.66. The predicted molar refractivity (Wildman–Crippen MR) is 104 cm³/mol. The smallest absolute Gasteiger partial charge is 0.162 e. The van der Waals surface area contributed by atoms with Crippen molar-refractivity contribution in [3.8, 4) is 17.6 Å². The van der Waals surface area contributed by atoms with Crippen LogP contribution in [0.15, 0.2) is 42.5 Å². The molecule has 0 amide bonds. The van der Waals surface area contributed by atoms with Gasteiger partial charge in [-0.1, -0.05) is 6.07 Å². The van der Waals surface area contributed by atoms with Gasteiger partial charge in [0.05, 0.1) is 25.3 Å². The number of hydrogen-bond donors (Lipinski definition) is 1. The van der Waals surface area contributed by atoms with Gasteiger partial charge in [0.2, 0.25) is 0 Å². The zero-order valence-electron chi connectivity index (χ0n) is 15.2. The lowest BCUT2D eigenvalue weighted by Crippen LogP contribution is -2.08. The SMILES string of the molecule is COc1cc2cc(C#N)c(Nc3cccc(N(C)C)c3)nc2cc1OC. The lowest BCUT2D eigenvalue weighted by Gasteiger charge is -2.15. The molecule has 0 unspecified atom stereocenters. The van der Waals surface area contributed by atoms with E-state index in [0.717, 1.165) is 16.8 Å². The number of fused-ring (bicyclic) bond motifs is 1. The van der Waals surface area contributed by atoms with Crippen molar-refractivity contribution in [3.63, 3.8) is 0 Å². The van der Waals surface area contributed by atoms with E-state index >= 15 is 0 Å². The van der Waals surface area contributed by atoms with Gasteiger partial charge in [-0.2, -0.15) is 5.26 Å². The van der Waals surface area contributed by atoms with Crippen molar-refractivity contribution < 1.29 is 9.47 Å². The number of benzene rings is 2. The van der Waals surface area contributed by atoms with Gasteiger partial charge in [0.15, 0.2) is 11.5 Å². The Bertz CT molecular complexity index is 993. The molecule has 0 saturated heterocycles. The molecule has 0 aliphatic rings. The maximum Gasteiger partial charge on any atom is 0.162 e. The van der Waals surface area contributed by atoms with Crippen molar-refractivity contribution in [3.05, 3.63) is 48.0 Å². The van der Waals surface area contributed by atoms with Crippen LogP contribution in [0.4, 0.5) is 17.2 Å². The molecule has 1 heterocycles. The van der Waals surface area contributed by atoms with Crippen LogP contribution >= 0.6 is 0 Å². The van der Waals surface area contributed by atoms with Crippen LogP contribution in [0, 0.1) is 11.3 Å². The highest BCUT2D eigenvalue weighted by Gasteiger charge is 2.12. The minimum Gasteiger partial charge on any atom is -0.493 e. The fourth-order valence-electron chi connectivity index (χ4n) is 2.68. The number of hydrogen-bond acceptors (Lipinski definition) is 6. The molecule has 0 saturated carbocycles. The normalized spacial score (nSPS) is 10.3. The Morgan fingerprint density at radius 1 is 1.04 bits per heavy atom. The molecule has 1 N–H and O–H groups in total. The van der Waals surface area contributed by atoms with Gasteiger partial charge in [-0.15, -0.1) is 0 Å². The van der Waals surface area contributed by atoms with Crippen molar-refractivity contribution in [2.24, 2.45) is 0 Å². The second kappa shape index (κ2) is 7.19. The molecule has 2 aromatic carbocycles. The number of ether oxygens (including phenoxy) is 2. The van der Waals surface area contributed by atoms with Gasteiger partial charge < -0.3 is 19.7 Å². The molecule has 0 radical (unpaired) electrons. The van der Waals surface area contributed by atoms with E-state index in [0.29, 0.717) is 28.4 Å². The van der Waals surface area contributed by atoms with Crippen molar-refractivity contribution in [1.82, 2.24) is 4.98 Å². The lowest BCUT2D eigenvalue weighted by atomic mass is 10.1. The van der Waals surface area contributed by atoms with Crippen LogP contribution in [-0.4, -0.2) is 33.3 Å². The number of methoxy groups -OCH3 is 2. The number of nitriles is 1. The molecule has 0 fully saturated rings. The van der Waals surface area contributed by atoms with Crippen LogP contribution < -0.4 is 19.7 Å². The largest absolute Gasteiger partial charge is 0.493 e. The molecule has 132 valence electrons. The molecule has 3 aromatic rings. The third kappa shape index (κ3) is 3.33. The summed E-state index contributed by atoms with van der Waals surface area (Å²) < 4.78 is 10.7. The Kier molecular flexibility index (Phi) is 4.81. The average molecular weight is 348 g/mol. The van der Waals surface area contributed by atoms with E-state index in [9.17, 15) is 5.26 Å². The molecule has 0 aliphatic carbocycles. The van der Waals surface area contributed by atoms with E-state index in [2.05, 4.69) is 16.4 Å².